The van der Waals surface area contributed by atoms with Crippen LogP contribution in [0, 0.1) is 12.8 Å². The molecule has 1 aliphatic carbocycles. The van der Waals surface area contributed by atoms with E-state index in [4.69, 9.17) is 5.73 Å². The summed E-state index contributed by atoms with van der Waals surface area (Å²) in [4.78, 5) is 47.7. The summed E-state index contributed by atoms with van der Waals surface area (Å²) in [6, 6.07) is 2.87. The fraction of sp³-hybridized carbons (Fsp3) is 0.500. The molecular formula is C22H28N6O3S. The second kappa shape index (κ2) is 8.50. The lowest BCUT2D eigenvalue weighted by molar-refractivity contribution is -0.123. The van der Waals surface area contributed by atoms with Crippen molar-refractivity contribution in [2.45, 2.75) is 51.5 Å². The second-order valence-electron chi connectivity index (χ2n) is 8.88. The SMILES string of the molecule is CC(=O)NC[C@@H]1CCN(C(=O)Nc2nc(C)c(-c3ccnc(C4(C)CC4)c3)s2)[C@@H]1C(N)=O. The summed E-state index contributed by atoms with van der Waals surface area (Å²) < 4.78 is 0. The van der Waals surface area contributed by atoms with Crippen molar-refractivity contribution < 1.29 is 14.4 Å². The molecular weight excluding hydrogens is 428 g/mol. The number of nitrogens with zero attached hydrogens (tertiary/aromatic N) is 3. The van der Waals surface area contributed by atoms with Crippen LogP contribution in [0.1, 0.15) is 44.5 Å². The number of anilines is 1. The van der Waals surface area contributed by atoms with Crippen LogP contribution in [0.5, 0.6) is 0 Å². The molecule has 0 spiro atoms. The molecule has 2 aromatic rings. The minimum Gasteiger partial charge on any atom is -0.368 e. The maximum atomic E-state index is 12.9. The standard InChI is InChI=1S/C22H28N6O3S/c1-12-18(14-4-8-24-16(10-14)22(3)6-7-22)32-20(26-12)27-21(31)28-9-5-15(11-25-13(2)29)17(28)19(23)30/h4,8,10,15,17H,5-7,9,11H2,1-3H3,(H2,23,30)(H,25,29)(H,26,27,31)/t15-,17-/m0/s1. The summed E-state index contributed by atoms with van der Waals surface area (Å²) in [5, 5.41) is 6.00. The van der Waals surface area contributed by atoms with Crippen LogP contribution in [0.4, 0.5) is 9.93 Å². The average Bonchev–Trinajstić information content (AvgIpc) is 3.19. The van der Waals surface area contributed by atoms with E-state index in [0.29, 0.717) is 24.6 Å². The Hall–Kier alpha value is -3.01. The third-order valence-corrected chi connectivity index (χ3v) is 7.46. The van der Waals surface area contributed by atoms with Crippen molar-refractivity contribution in [1.29, 1.82) is 0 Å². The first-order valence-electron chi connectivity index (χ1n) is 10.7. The van der Waals surface area contributed by atoms with Crippen LogP contribution in [0.3, 0.4) is 0 Å². The minimum atomic E-state index is -0.774. The number of likely N-dealkylation sites (tertiary alicyclic amines) is 1. The van der Waals surface area contributed by atoms with E-state index in [9.17, 15) is 14.4 Å². The Balaban J connectivity index is 1.48. The summed E-state index contributed by atoms with van der Waals surface area (Å²) in [5.41, 5.74) is 8.68. The molecule has 2 fully saturated rings. The maximum Gasteiger partial charge on any atom is 0.324 e. The van der Waals surface area contributed by atoms with Crippen molar-refractivity contribution in [1.82, 2.24) is 20.2 Å². The Labute approximate surface area is 190 Å². The van der Waals surface area contributed by atoms with E-state index in [0.717, 1.165) is 34.7 Å². The molecule has 0 bridgehead atoms. The highest BCUT2D eigenvalue weighted by molar-refractivity contribution is 7.19. The molecule has 10 heteroatoms. The van der Waals surface area contributed by atoms with E-state index in [-0.39, 0.29) is 17.2 Å². The quantitative estimate of drug-likeness (QED) is 0.614. The highest BCUT2D eigenvalue weighted by Crippen LogP contribution is 2.47. The number of pyridine rings is 1. The molecule has 2 aromatic heterocycles. The fourth-order valence-corrected chi connectivity index (χ4v) is 5.14. The molecule has 9 nitrogen and oxygen atoms in total. The molecule has 170 valence electrons. The molecule has 0 radical (unpaired) electrons. The molecule has 0 unspecified atom stereocenters. The summed E-state index contributed by atoms with van der Waals surface area (Å²) >= 11 is 1.39. The molecule has 2 atom stereocenters. The van der Waals surface area contributed by atoms with Crippen LogP contribution >= 0.6 is 11.3 Å². The number of carbonyl (C=O) groups excluding carboxylic acids is 3. The van der Waals surface area contributed by atoms with Crippen molar-refractivity contribution in [3.8, 4) is 10.4 Å². The van der Waals surface area contributed by atoms with Gasteiger partial charge in [-0.3, -0.25) is 19.9 Å². The van der Waals surface area contributed by atoms with Crippen LogP contribution < -0.4 is 16.4 Å². The smallest absolute Gasteiger partial charge is 0.324 e. The van der Waals surface area contributed by atoms with E-state index < -0.39 is 18.0 Å². The van der Waals surface area contributed by atoms with Crippen LogP contribution in [0.15, 0.2) is 18.3 Å². The van der Waals surface area contributed by atoms with Gasteiger partial charge in [-0.25, -0.2) is 9.78 Å². The largest absolute Gasteiger partial charge is 0.368 e. The highest BCUT2D eigenvalue weighted by Gasteiger charge is 2.41. The van der Waals surface area contributed by atoms with Gasteiger partial charge in [-0.1, -0.05) is 18.3 Å². The van der Waals surface area contributed by atoms with Gasteiger partial charge in [0.15, 0.2) is 5.13 Å². The van der Waals surface area contributed by atoms with Crippen molar-refractivity contribution >= 4 is 34.3 Å². The van der Waals surface area contributed by atoms with E-state index in [1.54, 1.807) is 0 Å². The zero-order valence-corrected chi connectivity index (χ0v) is 19.3. The highest BCUT2D eigenvalue weighted by atomic mass is 32.1. The Kier molecular flexibility index (Phi) is 5.89. The van der Waals surface area contributed by atoms with Gasteiger partial charge in [0.2, 0.25) is 11.8 Å². The number of amides is 4. The monoisotopic (exact) mass is 456 g/mol. The lowest BCUT2D eigenvalue weighted by Crippen LogP contribution is -2.49. The van der Waals surface area contributed by atoms with Gasteiger partial charge in [-0.15, -0.1) is 0 Å². The predicted molar refractivity (Wildman–Crippen MR) is 122 cm³/mol. The number of urea groups is 1. The Morgan fingerprint density at radius 1 is 1.34 bits per heavy atom. The average molecular weight is 457 g/mol. The lowest BCUT2D eigenvalue weighted by Gasteiger charge is -2.25. The van der Waals surface area contributed by atoms with Crippen molar-refractivity contribution in [3.63, 3.8) is 0 Å². The van der Waals surface area contributed by atoms with E-state index in [2.05, 4.69) is 33.6 Å². The topological polar surface area (TPSA) is 130 Å². The number of primary amides is 1. The number of rotatable bonds is 6. The third kappa shape index (κ3) is 4.45. The maximum absolute atomic E-state index is 12.9. The molecule has 0 aromatic carbocycles. The molecule has 32 heavy (non-hydrogen) atoms. The number of hydrogen-bond acceptors (Lipinski definition) is 6. The van der Waals surface area contributed by atoms with Crippen LogP contribution in [-0.4, -0.2) is 51.8 Å². The van der Waals surface area contributed by atoms with Crippen molar-refractivity contribution in [2.75, 3.05) is 18.4 Å². The number of nitrogens with one attached hydrogen (secondary N) is 2. The molecule has 3 heterocycles. The van der Waals surface area contributed by atoms with Crippen molar-refractivity contribution in [3.05, 3.63) is 29.7 Å². The van der Waals surface area contributed by atoms with Gasteiger partial charge >= 0.3 is 6.03 Å². The van der Waals surface area contributed by atoms with Crippen LogP contribution in [0.2, 0.25) is 0 Å². The van der Waals surface area contributed by atoms with Gasteiger partial charge in [0.25, 0.3) is 0 Å². The molecule has 4 rings (SSSR count). The fourth-order valence-electron chi connectivity index (χ4n) is 4.19. The van der Waals surface area contributed by atoms with Gasteiger partial charge in [0.05, 0.1) is 10.6 Å². The van der Waals surface area contributed by atoms with Crippen LogP contribution in [0.25, 0.3) is 10.4 Å². The summed E-state index contributed by atoms with van der Waals surface area (Å²) in [6.07, 6.45) is 4.70. The van der Waals surface area contributed by atoms with Crippen molar-refractivity contribution in [2.24, 2.45) is 11.7 Å². The number of hydrogen-bond donors (Lipinski definition) is 3. The zero-order valence-electron chi connectivity index (χ0n) is 18.5. The number of nitrogens with two attached hydrogens (primary N) is 1. The van der Waals surface area contributed by atoms with E-state index in [1.165, 1.54) is 23.2 Å². The van der Waals surface area contributed by atoms with Gasteiger partial charge in [-0.05, 0) is 43.9 Å². The summed E-state index contributed by atoms with van der Waals surface area (Å²) in [6.45, 7) is 6.22. The van der Waals surface area contributed by atoms with E-state index >= 15 is 0 Å². The Bertz CT molecular complexity index is 1060. The second-order valence-corrected chi connectivity index (χ2v) is 9.88. The van der Waals surface area contributed by atoms with E-state index in [1.807, 2.05) is 19.2 Å². The number of aromatic nitrogens is 2. The van der Waals surface area contributed by atoms with Crippen LogP contribution in [-0.2, 0) is 15.0 Å². The molecule has 2 aliphatic rings. The minimum absolute atomic E-state index is 0.166. The first-order valence-corrected chi connectivity index (χ1v) is 11.6. The van der Waals surface area contributed by atoms with Gasteiger partial charge in [0.1, 0.15) is 6.04 Å². The summed E-state index contributed by atoms with van der Waals surface area (Å²) in [5.74, 6) is -0.978. The predicted octanol–water partition coefficient (Wildman–Crippen LogP) is 2.41. The molecule has 1 saturated carbocycles. The van der Waals surface area contributed by atoms with Gasteiger partial charge in [-0.2, -0.15) is 0 Å². The molecule has 4 amide bonds. The zero-order chi connectivity index (χ0) is 23.0. The normalized spacial score (nSPS) is 21.3. The number of aryl methyl sites for hydroxylation is 1. The van der Waals surface area contributed by atoms with Gasteiger partial charge < -0.3 is 16.0 Å². The number of thiazole rings is 1. The molecule has 1 saturated heterocycles. The first kappa shape index (κ1) is 22.2. The molecule has 4 N–H and O–H groups in total. The Morgan fingerprint density at radius 2 is 2.09 bits per heavy atom. The Morgan fingerprint density at radius 3 is 2.75 bits per heavy atom. The number of carbonyl (C=O) groups is 3. The lowest BCUT2D eigenvalue weighted by atomic mass is 10.00. The van der Waals surface area contributed by atoms with Gasteiger partial charge in [0, 0.05) is 43.2 Å². The summed E-state index contributed by atoms with van der Waals surface area (Å²) in [7, 11) is 0. The molecule has 1 aliphatic heterocycles. The third-order valence-electron chi connectivity index (χ3n) is 6.34. The first-order chi connectivity index (χ1) is 15.2.